The van der Waals surface area contributed by atoms with E-state index in [9.17, 15) is 14.4 Å². The Hall–Kier alpha value is -1.50. The minimum Gasteiger partial charge on any atom is -0.467 e. The number of ether oxygens (including phenoxy) is 1. The fourth-order valence-corrected chi connectivity index (χ4v) is 3.06. The lowest BCUT2D eigenvalue weighted by atomic mass is 10.2. The molecule has 116 valence electrons. The van der Waals surface area contributed by atoms with Gasteiger partial charge >= 0.3 is 5.97 Å². The third-order valence-electron chi connectivity index (χ3n) is 2.99. The number of thioether (sulfide) groups is 1. The number of carbonyl (C=O) groups is 3. The van der Waals surface area contributed by atoms with Crippen LogP contribution in [0.5, 0.6) is 0 Å². The van der Waals surface area contributed by atoms with Crippen molar-refractivity contribution in [3.8, 4) is 0 Å². The van der Waals surface area contributed by atoms with Crippen molar-refractivity contribution in [3.63, 3.8) is 0 Å². The number of halogens is 2. The van der Waals surface area contributed by atoms with Gasteiger partial charge in [-0.25, -0.2) is 4.79 Å². The normalized spacial score (nSPS) is 18.0. The standard InChI is InChI=1S/C14H11Cl2NO4S/c1-7(13(19)21-2)17-12(18)11(22-14(17)20)6-8-3-4-9(15)10(16)5-8/h3-7H,1-2H3/b11-6+. The van der Waals surface area contributed by atoms with Crippen LogP contribution in [-0.2, 0) is 14.3 Å². The molecule has 1 aromatic rings. The molecule has 1 aromatic carbocycles. The first-order valence-corrected chi connectivity index (χ1v) is 7.72. The molecule has 2 rings (SSSR count). The first kappa shape index (κ1) is 16.9. The quantitative estimate of drug-likeness (QED) is 0.609. The number of methoxy groups -OCH3 is 1. The predicted molar refractivity (Wildman–Crippen MR) is 85.8 cm³/mol. The molecule has 0 aromatic heterocycles. The minimum atomic E-state index is -0.975. The van der Waals surface area contributed by atoms with Gasteiger partial charge in [-0.2, -0.15) is 0 Å². The summed E-state index contributed by atoms with van der Waals surface area (Å²) in [5.41, 5.74) is 0.630. The molecule has 1 unspecified atom stereocenters. The second-order valence-electron chi connectivity index (χ2n) is 4.42. The molecule has 8 heteroatoms. The lowest BCUT2D eigenvalue weighted by Crippen LogP contribution is -2.42. The van der Waals surface area contributed by atoms with E-state index < -0.39 is 23.2 Å². The Morgan fingerprint density at radius 2 is 2.00 bits per heavy atom. The fourth-order valence-electron chi connectivity index (χ4n) is 1.84. The highest BCUT2D eigenvalue weighted by molar-refractivity contribution is 8.18. The van der Waals surface area contributed by atoms with Crippen molar-refractivity contribution >= 4 is 58.2 Å². The van der Waals surface area contributed by atoms with Gasteiger partial charge in [0, 0.05) is 0 Å². The summed E-state index contributed by atoms with van der Waals surface area (Å²) < 4.78 is 4.56. The smallest absolute Gasteiger partial charge is 0.328 e. The van der Waals surface area contributed by atoms with Gasteiger partial charge in [-0.3, -0.25) is 14.5 Å². The second-order valence-corrected chi connectivity index (χ2v) is 6.23. The Labute approximate surface area is 141 Å². The minimum absolute atomic E-state index is 0.208. The van der Waals surface area contributed by atoms with Gasteiger partial charge in [0.15, 0.2) is 0 Å². The summed E-state index contributed by atoms with van der Waals surface area (Å²) >= 11 is 12.5. The molecule has 0 spiro atoms. The van der Waals surface area contributed by atoms with Crippen LogP contribution in [0.3, 0.4) is 0 Å². The Morgan fingerprint density at radius 1 is 1.32 bits per heavy atom. The van der Waals surface area contributed by atoms with E-state index in [1.165, 1.54) is 20.1 Å². The molecule has 0 bridgehead atoms. The molecule has 1 aliphatic heterocycles. The molecule has 22 heavy (non-hydrogen) atoms. The molecule has 5 nitrogen and oxygen atoms in total. The van der Waals surface area contributed by atoms with E-state index in [0.29, 0.717) is 15.6 Å². The number of carbonyl (C=O) groups excluding carboxylic acids is 3. The molecule has 0 aliphatic carbocycles. The van der Waals surface area contributed by atoms with E-state index in [2.05, 4.69) is 4.74 Å². The number of imide groups is 1. The van der Waals surface area contributed by atoms with Gasteiger partial charge in [-0.1, -0.05) is 29.3 Å². The third-order valence-corrected chi connectivity index (χ3v) is 4.62. The van der Waals surface area contributed by atoms with Gasteiger partial charge in [-0.05, 0) is 42.5 Å². The van der Waals surface area contributed by atoms with Crippen LogP contribution in [0.2, 0.25) is 10.0 Å². The van der Waals surface area contributed by atoms with Crippen LogP contribution in [0.25, 0.3) is 6.08 Å². The van der Waals surface area contributed by atoms with Crippen molar-refractivity contribution in [1.29, 1.82) is 0 Å². The highest BCUT2D eigenvalue weighted by Crippen LogP contribution is 2.34. The van der Waals surface area contributed by atoms with Crippen LogP contribution >= 0.6 is 35.0 Å². The van der Waals surface area contributed by atoms with E-state index in [1.54, 1.807) is 18.2 Å². The van der Waals surface area contributed by atoms with Gasteiger partial charge in [0.2, 0.25) is 0 Å². The van der Waals surface area contributed by atoms with E-state index in [1.807, 2.05) is 0 Å². The van der Waals surface area contributed by atoms with Gasteiger partial charge in [0.05, 0.1) is 22.1 Å². The van der Waals surface area contributed by atoms with Gasteiger partial charge < -0.3 is 4.74 Å². The maximum absolute atomic E-state index is 12.3. The predicted octanol–water partition coefficient (Wildman–Crippen LogP) is 3.59. The summed E-state index contributed by atoms with van der Waals surface area (Å²) in [6.45, 7) is 1.43. The van der Waals surface area contributed by atoms with Crippen molar-refractivity contribution in [2.45, 2.75) is 13.0 Å². The highest BCUT2D eigenvalue weighted by Gasteiger charge is 2.41. The molecular formula is C14H11Cl2NO4S. The number of amides is 2. The second kappa shape index (κ2) is 6.73. The summed E-state index contributed by atoms with van der Waals surface area (Å²) in [7, 11) is 1.20. The zero-order chi connectivity index (χ0) is 16.4. The van der Waals surface area contributed by atoms with Crippen molar-refractivity contribution in [3.05, 3.63) is 38.7 Å². The van der Waals surface area contributed by atoms with Crippen LogP contribution in [0, 0.1) is 0 Å². The molecule has 0 saturated carbocycles. The number of hydrogen-bond acceptors (Lipinski definition) is 5. The maximum atomic E-state index is 12.3. The largest absolute Gasteiger partial charge is 0.467 e. The summed E-state index contributed by atoms with van der Waals surface area (Å²) in [4.78, 5) is 36.8. The molecule has 1 heterocycles. The van der Waals surface area contributed by atoms with Crippen LogP contribution < -0.4 is 0 Å². The van der Waals surface area contributed by atoms with Crippen LogP contribution in [0.1, 0.15) is 12.5 Å². The van der Waals surface area contributed by atoms with Crippen molar-refractivity contribution in [2.75, 3.05) is 7.11 Å². The highest BCUT2D eigenvalue weighted by atomic mass is 35.5. The van der Waals surface area contributed by atoms with Gasteiger partial charge in [0.25, 0.3) is 11.1 Å². The van der Waals surface area contributed by atoms with Crippen LogP contribution in [-0.4, -0.2) is 35.2 Å². The lowest BCUT2D eigenvalue weighted by molar-refractivity contribution is -0.148. The first-order chi connectivity index (χ1) is 10.3. The Balaban J connectivity index is 2.29. The number of hydrogen-bond donors (Lipinski definition) is 0. The Kier molecular flexibility index (Phi) is 5.16. The summed E-state index contributed by atoms with van der Waals surface area (Å²) in [5.74, 6) is -1.20. The topological polar surface area (TPSA) is 63.7 Å². The number of benzene rings is 1. The zero-order valence-electron chi connectivity index (χ0n) is 11.6. The number of rotatable bonds is 3. The first-order valence-electron chi connectivity index (χ1n) is 6.15. The summed E-state index contributed by atoms with van der Waals surface area (Å²) in [6, 6.07) is 3.88. The molecule has 1 fully saturated rings. The summed E-state index contributed by atoms with van der Waals surface area (Å²) in [5, 5.41) is 0.220. The monoisotopic (exact) mass is 359 g/mol. The fraction of sp³-hybridized carbons (Fsp3) is 0.214. The SMILES string of the molecule is COC(=O)C(C)N1C(=O)S/C(=C/c2ccc(Cl)c(Cl)c2)C1=O. The van der Waals surface area contributed by atoms with E-state index in [4.69, 9.17) is 23.2 Å². The van der Waals surface area contributed by atoms with Crippen LogP contribution in [0.15, 0.2) is 23.1 Å². The molecule has 1 saturated heterocycles. The third kappa shape index (κ3) is 3.29. The van der Waals surface area contributed by atoms with E-state index in [-0.39, 0.29) is 4.91 Å². The lowest BCUT2D eigenvalue weighted by Gasteiger charge is -2.18. The van der Waals surface area contributed by atoms with Gasteiger partial charge in [0.1, 0.15) is 6.04 Å². The van der Waals surface area contributed by atoms with E-state index in [0.717, 1.165) is 16.7 Å². The molecule has 2 amide bonds. The molecule has 0 radical (unpaired) electrons. The number of esters is 1. The Bertz CT molecular complexity index is 689. The molecule has 0 N–H and O–H groups in total. The Morgan fingerprint density at radius 3 is 2.59 bits per heavy atom. The average molecular weight is 360 g/mol. The maximum Gasteiger partial charge on any atom is 0.328 e. The molecular weight excluding hydrogens is 349 g/mol. The van der Waals surface area contributed by atoms with Gasteiger partial charge in [-0.15, -0.1) is 0 Å². The number of nitrogens with zero attached hydrogens (tertiary/aromatic N) is 1. The van der Waals surface area contributed by atoms with Crippen molar-refractivity contribution in [2.24, 2.45) is 0 Å². The van der Waals surface area contributed by atoms with E-state index >= 15 is 0 Å². The summed E-state index contributed by atoms with van der Waals surface area (Å²) in [6.07, 6.45) is 1.52. The van der Waals surface area contributed by atoms with Crippen molar-refractivity contribution in [1.82, 2.24) is 4.90 Å². The van der Waals surface area contributed by atoms with Crippen LogP contribution in [0.4, 0.5) is 4.79 Å². The molecule has 1 aliphatic rings. The van der Waals surface area contributed by atoms with Crippen molar-refractivity contribution < 1.29 is 19.1 Å². The zero-order valence-corrected chi connectivity index (χ0v) is 14.0. The average Bonchev–Trinajstić information content (AvgIpc) is 2.75. The molecule has 1 atom stereocenters.